The molecule has 2 aromatic heterocycles. The van der Waals surface area contributed by atoms with E-state index in [-0.39, 0.29) is 49.1 Å². The number of carbonyl (C=O) groups excluding carboxylic acids is 1. The first kappa shape index (κ1) is 22.3. The van der Waals surface area contributed by atoms with Crippen LogP contribution in [-0.2, 0) is 21.4 Å². The number of piperazine rings is 1. The minimum Gasteiger partial charge on any atom is -0.338 e. The maximum atomic E-state index is 13.1. The molecule has 168 valence electrons. The van der Waals surface area contributed by atoms with Crippen LogP contribution in [0.3, 0.4) is 0 Å². The Kier molecular flexibility index (Phi) is 6.22. The maximum Gasteiger partial charge on any atom is 0.267 e. The molecule has 0 bridgehead atoms. The number of rotatable bonds is 5. The highest BCUT2D eigenvalue weighted by molar-refractivity contribution is 7.89. The Hall–Kier alpha value is -2.89. The number of carbonyl (C=O) groups is 1. The number of thiophene rings is 1. The van der Waals surface area contributed by atoms with Crippen LogP contribution in [0, 0.1) is 12.7 Å². The number of amides is 1. The lowest BCUT2D eigenvalue weighted by molar-refractivity contribution is -0.133. The van der Waals surface area contributed by atoms with Gasteiger partial charge in [0.1, 0.15) is 18.1 Å². The van der Waals surface area contributed by atoms with E-state index in [1.165, 1.54) is 27.4 Å². The topological polar surface area (TPSA) is 92.6 Å². The second kappa shape index (κ2) is 8.93. The van der Waals surface area contributed by atoms with Crippen LogP contribution < -0.4 is 5.56 Å². The Morgan fingerprint density at radius 1 is 1.03 bits per heavy atom. The second-order valence-electron chi connectivity index (χ2n) is 7.36. The fourth-order valence-electron chi connectivity index (χ4n) is 3.43. The van der Waals surface area contributed by atoms with Gasteiger partial charge in [-0.1, -0.05) is 0 Å². The third kappa shape index (κ3) is 4.64. The first-order chi connectivity index (χ1) is 15.2. The SMILES string of the molecule is Cc1ccc(-c2ccc(=O)n(CC(=O)N3CCN(S(=O)(=O)c4ccc(F)cc4)CC3)n2)s1. The van der Waals surface area contributed by atoms with Gasteiger partial charge in [-0.3, -0.25) is 9.59 Å². The van der Waals surface area contributed by atoms with Gasteiger partial charge in [-0.15, -0.1) is 11.3 Å². The minimum absolute atomic E-state index is 0.00931. The summed E-state index contributed by atoms with van der Waals surface area (Å²) in [4.78, 5) is 28.5. The second-order valence-corrected chi connectivity index (χ2v) is 10.6. The number of aromatic nitrogens is 2. The molecule has 0 spiro atoms. The van der Waals surface area contributed by atoms with Crippen molar-refractivity contribution < 1.29 is 17.6 Å². The van der Waals surface area contributed by atoms with Gasteiger partial charge in [0.25, 0.3) is 5.56 Å². The smallest absolute Gasteiger partial charge is 0.267 e. The summed E-state index contributed by atoms with van der Waals surface area (Å²) in [7, 11) is -3.77. The highest BCUT2D eigenvalue weighted by Gasteiger charge is 2.30. The Morgan fingerprint density at radius 2 is 1.72 bits per heavy atom. The lowest BCUT2D eigenvalue weighted by Gasteiger charge is -2.34. The van der Waals surface area contributed by atoms with E-state index >= 15 is 0 Å². The fourth-order valence-corrected chi connectivity index (χ4v) is 5.68. The van der Waals surface area contributed by atoms with Gasteiger partial charge in [0.15, 0.2) is 0 Å². The summed E-state index contributed by atoms with van der Waals surface area (Å²) in [5, 5.41) is 4.32. The van der Waals surface area contributed by atoms with E-state index in [4.69, 9.17) is 0 Å². The molecule has 1 saturated heterocycles. The molecule has 1 aromatic carbocycles. The van der Waals surface area contributed by atoms with E-state index in [9.17, 15) is 22.4 Å². The largest absolute Gasteiger partial charge is 0.338 e. The molecule has 1 aliphatic heterocycles. The van der Waals surface area contributed by atoms with Crippen molar-refractivity contribution in [2.75, 3.05) is 26.2 Å². The number of hydrogen-bond acceptors (Lipinski definition) is 6. The van der Waals surface area contributed by atoms with E-state index in [0.717, 1.165) is 26.6 Å². The quantitative estimate of drug-likeness (QED) is 0.561. The van der Waals surface area contributed by atoms with Crippen molar-refractivity contribution in [1.82, 2.24) is 19.0 Å². The van der Waals surface area contributed by atoms with E-state index in [2.05, 4.69) is 5.10 Å². The Balaban J connectivity index is 1.42. The summed E-state index contributed by atoms with van der Waals surface area (Å²) in [6.45, 7) is 2.37. The molecule has 3 heterocycles. The molecule has 0 N–H and O–H groups in total. The normalized spacial score (nSPS) is 15.1. The fraction of sp³-hybridized carbons (Fsp3) is 0.286. The maximum absolute atomic E-state index is 13.1. The van der Waals surface area contributed by atoms with Crippen molar-refractivity contribution in [3.63, 3.8) is 0 Å². The van der Waals surface area contributed by atoms with E-state index < -0.39 is 15.8 Å². The third-order valence-electron chi connectivity index (χ3n) is 5.19. The summed E-state index contributed by atoms with van der Waals surface area (Å²) >= 11 is 1.55. The minimum atomic E-state index is -3.77. The summed E-state index contributed by atoms with van der Waals surface area (Å²) in [6.07, 6.45) is 0. The highest BCUT2D eigenvalue weighted by Crippen LogP contribution is 2.25. The van der Waals surface area contributed by atoms with Gasteiger partial charge in [0.2, 0.25) is 15.9 Å². The van der Waals surface area contributed by atoms with Crippen molar-refractivity contribution in [2.45, 2.75) is 18.4 Å². The monoisotopic (exact) mass is 476 g/mol. The molecule has 0 aliphatic carbocycles. The molecular formula is C21H21FN4O4S2. The standard InChI is InChI=1S/C21H21FN4O4S2/c1-15-2-8-19(31-15)18-7-9-20(27)26(23-18)14-21(28)24-10-12-25(13-11-24)32(29,30)17-5-3-16(22)4-6-17/h2-9H,10-14H2,1H3. The highest BCUT2D eigenvalue weighted by atomic mass is 32.2. The first-order valence-electron chi connectivity index (χ1n) is 9.92. The Bertz CT molecular complexity index is 1290. The molecule has 1 fully saturated rings. The van der Waals surface area contributed by atoms with Crippen LogP contribution in [-0.4, -0.2) is 59.5 Å². The van der Waals surface area contributed by atoms with Crippen LogP contribution in [0.5, 0.6) is 0 Å². The number of benzene rings is 1. The van der Waals surface area contributed by atoms with Gasteiger partial charge in [-0.05, 0) is 49.4 Å². The summed E-state index contributed by atoms with van der Waals surface area (Å²) < 4.78 is 41.0. The van der Waals surface area contributed by atoms with E-state index in [0.29, 0.717) is 5.69 Å². The van der Waals surface area contributed by atoms with Crippen molar-refractivity contribution in [2.24, 2.45) is 0 Å². The van der Waals surface area contributed by atoms with Crippen LogP contribution in [0.1, 0.15) is 4.88 Å². The van der Waals surface area contributed by atoms with Crippen molar-refractivity contribution in [1.29, 1.82) is 0 Å². The lowest BCUT2D eigenvalue weighted by atomic mass is 10.3. The molecule has 11 heteroatoms. The molecule has 0 atom stereocenters. The van der Waals surface area contributed by atoms with Crippen LogP contribution in [0.4, 0.5) is 4.39 Å². The number of sulfonamides is 1. The molecule has 0 unspecified atom stereocenters. The van der Waals surface area contributed by atoms with Gasteiger partial charge >= 0.3 is 0 Å². The van der Waals surface area contributed by atoms with Crippen LogP contribution in [0.15, 0.2) is 58.2 Å². The number of aryl methyl sites for hydroxylation is 1. The van der Waals surface area contributed by atoms with Crippen molar-refractivity contribution in [3.8, 4) is 10.6 Å². The molecule has 0 saturated carbocycles. The molecule has 1 amide bonds. The van der Waals surface area contributed by atoms with E-state index in [1.807, 2.05) is 19.1 Å². The molecule has 3 aromatic rings. The number of halogens is 1. The summed E-state index contributed by atoms with van der Waals surface area (Å²) in [5.74, 6) is -0.820. The zero-order valence-corrected chi connectivity index (χ0v) is 18.9. The van der Waals surface area contributed by atoms with Gasteiger partial charge in [-0.25, -0.2) is 17.5 Å². The summed E-state index contributed by atoms with van der Waals surface area (Å²) in [5.41, 5.74) is 0.235. The van der Waals surface area contributed by atoms with Crippen molar-refractivity contribution >= 4 is 27.3 Å². The van der Waals surface area contributed by atoms with Gasteiger partial charge in [-0.2, -0.15) is 9.40 Å². The number of hydrogen-bond donors (Lipinski definition) is 0. The van der Waals surface area contributed by atoms with Gasteiger partial charge in [0, 0.05) is 37.1 Å². The zero-order chi connectivity index (χ0) is 22.9. The average Bonchev–Trinajstić information content (AvgIpc) is 3.22. The number of nitrogens with zero attached hydrogens (tertiary/aromatic N) is 4. The molecule has 0 radical (unpaired) electrons. The predicted molar refractivity (Wildman–Crippen MR) is 118 cm³/mol. The molecular weight excluding hydrogens is 455 g/mol. The van der Waals surface area contributed by atoms with E-state index in [1.54, 1.807) is 17.4 Å². The Morgan fingerprint density at radius 3 is 2.34 bits per heavy atom. The molecule has 4 rings (SSSR count). The molecule has 8 nitrogen and oxygen atoms in total. The van der Waals surface area contributed by atoms with Crippen LogP contribution in [0.2, 0.25) is 0 Å². The first-order valence-corrected chi connectivity index (χ1v) is 12.2. The predicted octanol–water partition coefficient (Wildman–Crippen LogP) is 1.95. The molecule has 32 heavy (non-hydrogen) atoms. The zero-order valence-electron chi connectivity index (χ0n) is 17.3. The van der Waals surface area contributed by atoms with Gasteiger partial charge < -0.3 is 4.90 Å². The van der Waals surface area contributed by atoms with Crippen LogP contribution >= 0.6 is 11.3 Å². The Labute approximate surface area is 188 Å². The third-order valence-corrected chi connectivity index (χ3v) is 8.12. The molecule has 1 aliphatic rings. The van der Waals surface area contributed by atoms with Gasteiger partial charge in [0.05, 0.1) is 9.77 Å². The van der Waals surface area contributed by atoms with Crippen molar-refractivity contribution in [3.05, 3.63) is 69.6 Å². The van der Waals surface area contributed by atoms with Crippen LogP contribution in [0.25, 0.3) is 10.6 Å². The lowest BCUT2D eigenvalue weighted by Crippen LogP contribution is -2.51. The average molecular weight is 477 g/mol. The summed E-state index contributed by atoms with van der Waals surface area (Å²) in [6, 6.07) is 11.5.